The molecule has 3 rings (SSSR count). The summed E-state index contributed by atoms with van der Waals surface area (Å²) in [7, 11) is 0. The zero-order valence-corrected chi connectivity index (χ0v) is 16.6. The third-order valence-corrected chi connectivity index (χ3v) is 4.40. The Morgan fingerprint density at radius 2 is 1.87 bits per heavy atom. The predicted molar refractivity (Wildman–Crippen MR) is 112 cm³/mol. The van der Waals surface area contributed by atoms with Gasteiger partial charge in [-0.3, -0.25) is 19.9 Å². The van der Waals surface area contributed by atoms with Gasteiger partial charge in [-0.1, -0.05) is 6.07 Å². The van der Waals surface area contributed by atoms with Gasteiger partial charge < -0.3 is 14.8 Å². The summed E-state index contributed by atoms with van der Waals surface area (Å²) in [4.78, 5) is 27.3. The lowest BCUT2D eigenvalue weighted by atomic mass is 10.1. The van der Waals surface area contributed by atoms with Crippen molar-refractivity contribution < 1.29 is 19.2 Å². The van der Waals surface area contributed by atoms with Crippen LogP contribution in [0.25, 0.3) is 0 Å². The van der Waals surface area contributed by atoms with Crippen LogP contribution in [0, 0.1) is 17.0 Å². The molecule has 8 heteroatoms. The highest BCUT2D eigenvalue weighted by atomic mass is 16.6. The first-order valence-corrected chi connectivity index (χ1v) is 9.33. The maximum absolute atomic E-state index is 12.7. The van der Waals surface area contributed by atoms with Gasteiger partial charge in [0.15, 0.2) is 11.5 Å². The van der Waals surface area contributed by atoms with Crippen molar-refractivity contribution in [2.75, 3.05) is 11.9 Å². The number of ether oxygens (including phenoxy) is 2. The highest BCUT2D eigenvalue weighted by Crippen LogP contribution is 2.30. The molecule has 0 aliphatic carbocycles. The zero-order valence-electron chi connectivity index (χ0n) is 16.6. The first-order valence-electron chi connectivity index (χ1n) is 9.33. The molecule has 0 saturated carbocycles. The van der Waals surface area contributed by atoms with Crippen LogP contribution in [0.15, 0.2) is 60.9 Å². The Bertz CT molecular complexity index is 1050. The number of anilines is 1. The molecule has 0 aliphatic heterocycles. The van der Waals surface area contributed by atoms with Crippen molar-refractivity contribution in [1.29, 1.82) is 0 Å². The number of carbonyl (C=O) groups excluding carboxylic acids is 1. The average molecular weight is 407 g/mol. The van der Waals surface area contributed by atoms with Crippen LogP contribution in [0.2, 0.25) is 0 Å². The van der Waals surface area contributed by atoms with E-state index in [0.29, 0.717) is 41.5 Å². The van der Waals surface area contributed by atoms with E-state index in [9.17, 15) is 14.9 Å². The lowest BCUT2D eigenvalue weighted by Crippen LogP contribution is -2.13. The highest BCUT2D eigenvalue weighted by molar-refractivity contribution is 6.05. The normalized spacial score (nSPS) is 10.3. The van der Waals surface area contributed by atoms with E-state index in [1.54, 1.807) is 43.6 Å². The minimum atomic E-state index is -0.479. The fourth-order valence-corrected chi connectivity index (χ4v) is 2.83. The van der Waals surface area contributed by atoms with Crippen LogP contribution in [0.5, 0.6) is 11.5 Å². The van der Waals surface area contributed by atoms with Gasteiger partial charge in [-0.25, -0.2) is 0 Å². The number of hydrogen-bond acceptors (Lipinski definition) is 6. The Hall–Kier alpha value is -3.94. The van der Waals surface area contributed by atoms with Gasteiger partial charge in [-0.2, -0.15) is 0 Å². The first kappa shape index (κ1) is 20.8. The lowest BCUT2D eigenvalue weighted by Gasteiger charge is -2.14. The number of nitrogens with one attached hydrogen (secondary N) is 1. The van der Waals surface area contributed by atoms with E-state index in [1.165, 1.54) is 12.1 Å². The predicted octanol–water partition coefficient (Wildman–Crippen LogP) is 4.53. The van der Waals surface area contributed by atoms with E-state index in [1.807, 2.05) is 19.1 Å². The van der Waals surface area contributed by atoms with E-state index >= 15 is 0 Å². The largest absolute Gasteiger partial charge is 0.490 e. The monoisotopic (exact) mass is 407 g/mol. The van der Waals surface area contributed by atoms with Crippen LogP contribution in [0.1, 0.15) is 28.4 Å². The topological polar surface area (TPSA) is 104 Å². The summed E-state index contributed by atoms with van der Waals surface area (Å²) in [5, 5.41) is 13.8. The highest BCUT2D eigenvalue weighted by Gasteiger charge is 2.17. The Balaban J connectivity index is 1.79. The quantitative estimate of drug-likeness (QED) is 0.435. The van der Waals surface area contributed by atoms with Crippen LogP contribution in [0.4, 0.5) is 11.4 Å². The van der Waals surface area contributed by atoms with Crippen LogP contribution >= 0.6 is 0 Å². The summed E-state index contributed by atoms with van der Waals surface area (Å²) in [5.41, 5.74) is 2.02. The third-order valence-electron chi connectivity index (χ3n) is 4.40. The van der Waals surface area contributed by atoms with Gasteiger partial charge in [0.2, 0.25) is 0 Å². The number of pyridine rings is 1. The van der Waals surface area contributed by atoms with Gasteiger partial charge in [0.1, 0.15) is 6.61 Å². The Kier molecular flexibility index (Phi) is 6.59. The molecule has 1 amide bonds. The molecular formula is C22H21N3O5. The molecule has 1 aromatic heterocycles. The number of rotatable bonds is 8. The van der Waals surface area contributed by atoms with E-state index in [4.69, 9.17) is 9.47 Å². The fraction of sp³-hybridized carbons (Fsp3) is 0.182. The Morgan fingerprint density at radius 1 is 1.10 bits per heavy atom. The number of hydrogen-bond donors (Lipinski definition) is 1. The van der Waals surface area contributed by atoms with Crippen LogP contribution in [-0.2, 0) is 6.61 Å². The summed E-state index contributed by atoms with van der Waals surface area (Å²) >= 11 is 0. The molecule has 8 nitrogen and oxygen atoms in total. The van der Waals surface area contributed by atoms with Crippen molar-refractivity contribution in [2.24, 2.45) is 0 Å². The number of nitrogens with zero attached hydrogens (tertiary/aromatic N) is 2. The smallest absolute Gasteiger partial charge is 0.274 e. The zero-order chi connectivity index (χ0) is 21.5. The second kappa shape index (κ2) is 9.51. The van der Waals surface area contributed by atoms with E-state index in [2.05, 4.69) is 10.3 Å². The lowest BCUT2D eigenvalue weighted by molar-refractivity contribution is -0.385. The maximum atomic E-state index is 12.7. The van der Waals surface area contributed by atoms with E-state index in [0.717, 1.165) is 5.56 Å². The molecule has 0 atom stereocenters. The molecule has 0 saturated heterocycles. The standard InChI is InChI=1S/C22H21N3O5/c1-3-29-21-13-17(7-8-20(21)30-14-16-9-11-23-12-10-16)22(26)24-18-5-4-6-19(15(18)2)25(27)28/h4-13H,3,14H2,1-2H3,(H,24,26). The molecule has 1 N–H and O–H groups in total. The third kappa shape index (κ3) is 4.91. The Morgan fingerprint density at radius 3 is 2.57 bits per heavy atom. The van der Waals surface area contributed by atoms with Crippen molar-refractivity contribution in [1.82, 2.24) is 4.98 Å². The number of amides is 1. The second-order valence-electron chi connectivity index (χ2n) is 6.40. The summed E-state index contributed by atoms with van der Waals surface area (Å²) in [6, 6.07) is 13.1. The number of benzene rings is 2. The number of nitro groups is 1. The van der Waals surface area contributed by atoms with Crippen molar-refractivity contribution in [3.05, 3.63) is 87.7 Å². The van der Waals surface area contributed by atoms with Crippen LogP contribution < -0.4 is 14.8 Å². The second-order valence-corrected chi connectivity index (χ2v) is 6.40. The van der Waals surface area contributed by atoms with Crippen molar-refractivity contribution in [3.8, 4) is 11.5 Å². The molecule has 154 valence electrons. The van der Waals surface area contributed by atoms with Gasteiger partial charge in [0.05, 0.1) is 22.8 Å². The van der Waals surface area contributed by atoms with E-state index in [-0.39, 0.29) is 5.69 Å². The first-order chi connectivity index (χ1) is 14.5. The molecule has 0 spiro atoms. The van der Waals surface area contributed by atoms with Crippen LogP contribution in [0.3, 0.4) is 0 Å². The molecular weight excluding hydrogens is 386 g/mol. The number of carbonyl (C=O) groups is 1. The Labute approximate surface area is 173 Å². The molecule has 0 aliphatic rings. The van der Waals surface area contributed by atoms with Gasteiger partial charge in [-0.05, 0) is 55.8 Å². The molecule has 0 radical (unpaired) electrons. The van der Waals surface area contributed by atoms with Gasteiger partial charge in [0, 0.05) is 24.0 Å². The van der Waals surface area contributed by atoms with Crippen molar-refractivity contribution >= 4 is 17.3 Å². The molecule has 1 heterocycles. The molecule has 0 bridgehead atoms. The number of aromatic nitrogens is 1. The SMILES string of the molecule is CCOc1cc(C(=O)Nc2cccc([N+](=O)[O-])c2C)ccc1OCc1ccncc1. The molecule has 30 heavy (non-hydrogen) atoms. The van der Waals surface area contributed by atoms with E-state index < -0.39 is 10.8 Å². The van der Waals surface area contributed by atoms with Gasteiger partial charge in [-0.15, -0.1) is 0 Å². The molecule has 0 unspecified atom stereocenters. The minimum absolute atomic E-state index is 0.0531. The van der Waals surface area contributed by atoms with Gasteiger partial charge >= 0.3 is 0 Å². The molecule has 0 fully saturated rings. The maximum Gasteiger partial charge on any atom is 0.274 e. The van der Waals surface area contributed by atoms with Crippen molar-refractivity contribution in [2.45, 2.75) is 20.5 Å². The number of nitro benzene ring substituents is 1. The van der Waals surface area contributed by atoms with Crippen LogP contribution in [-0.4, -0.2) is 22.4 Å². The summed E-state index contributed by atoms with van der Waals surface area (Å²) < 4.78 is 11.5. The minimum Gasteiger partial charge on any atom is -0.490 e. The fourth-order valence-electron chi connectivity index (χ4n) is 2.83. The summed E-state index contributed by atoms with van der Waals surface area (Å²) in [6.45, 7) is 4.17. The summed E-state index contributed by atoms with van der Waals surface area (Å²) in [6.07, 6.45) is 3.37. The molecule has 2 aromatic carbocycles. The van der Waals surface area contributed by atoms with Gasteiger partial charge in [0.25, 0.3) is 11.6 Å². The van der Waals surface area contributed by atoms with Crippen molar-refractivity contribution in [3.63, 3.8) is 0 Å². The summed E-state index contributed by atoms with van der Waals surface area (Å²) in [5.74, 6) is 0.548. The molecule has 3 aromatic rings. The average Bonchev–Trinajstić information content (AvgIpc) is 2.75.